The maximum absolute atomic E-state index is 6.63. The first-order valence-electron chi connectivity index (χ1n) is 11.0. The number of hydrogen-bond donors (Lipinski definition) is 0. The van der Waals surface area contributed by atoms with Crippen molar-refractivity contribution in [3.8, 4) is 5.75 Å². The Kier molecular flexibility index (Phi) is 6.84. The normalized spacial score (nSPS) is 13.7. The largest absolute Gasteiger partial charge is 0.480 e. The predicted octanol–water partition coefficient (Wildman–Crippen LogP) is 5.56. The van der Waals surface area contributed by atoms with Gasteiger partial charge < -0.3 is 23.3 Å². The van der Waals surface area contributed by atoms with Crippen LogP contribution in [0, 0.1) is 27.7 Å². The summed E-state index contributed by atoms with van der Waals surface area (Å²) in [5.41, 5.74) is 7.25. The van der Waals surface area contributed by atoms with Crippen LogP contribution in [0.5, 0.6) is 5.75 Å². The van der Waals surface area contributed by atoms with Gasteiger partial charge in [0.2, 0.25) is 6.79 Å². The van der Waals surface area contributed by atoms with Gasteiger partial charge in [0, 0.05) is 29.9 Å². The summed E-state index contributed by atoms with van der Waals surface area (Å²) in [6.45, 7) is 8.95. The van der Waals surface area contributed by atoms with E-state index in [-0.39, 0.29) is 25.3 Å². The van der Waals surface area contributed by atoms with Gasteiger partial charge in [-0.2, -0.15) is 0 Å². The van der Waals surface area contributed by atoms with Crippen LogP contribution in [0.15, 0.2) is 59.1 Å². The molecule has 5 rings (SSSR count). The number of benzene rings is 1. The molecule has 178 valence electrons. The highest BCUT2D eigenvalue weighted by Gasteiger charge is 2.26. The van der Waals surface area contributed by atoms with E-state index in [4.69, 9.17) is 18.7 Å². The van der Waals surface area contributed by atoms with E-state index < -0.39 is 0 Å². The molecule has 1 atom stereocenters. The molecule has 4 heterocycles. The molecule has 3 aromatic heterocycles. The molecule has 0 saturated heterocycles. The summed E-state index contributed by atoms with van der Waals surface area (Å²) in [5, 5.41) is 4.13. The lowest BCUT2D eigenvalue weighted by Crippen LogP contribution is -2.23. The maximum Gasteiger partial charge on any atom is 0.230 e. The van der Waals surface area contributed by atoms with E-state index in [0.717, 1.165) is 50.6 Å². The average Bonchev–Trinajstić information content (AvgIpc) is 3.53. The molecule has 0 spiro atoms. The maximum atomic E-state index is 6.63. The molecule has 8 heteroatoms. The number of halogens is 1. The summed E-state index contributed by atoms with van der Waals surface area (Å²) in [4.78, 5) is 4.68. The zero-order valence-electron chi connectivity index (χ0n) is 19.7. The SMILES string of the molecule is Cc1noc(C)c1Cn1c(C)c(C)c2nccc(OC(Cc3ccccc3)C3=COCO3)c21.Cl. The molecule has 0 saturated carbocycles. The van der Waals surface area contributed by atoms with Gasteiger partial charge in [0.15, 0.2) is 11.9 Å². The molecule has 7 nitrogen and oxygen atoms in total. The minimum absolute atomic E-state index is 0. The zero-order valence-corrected chi connectivity index (χ0v) is 20.5. The van der Waals surface area contributed by atoms with Crippen LogP contribution in [0.2, 0.25) is 0 Å². The molecule has 1 aliphatic rings. The van der Waals surface area contributed by atoms with E-state index >= 15 is 0 Å². The lowest BCUT2D eigenvalue weighted by molar-refractivity contribution is 0.0559. The Morgan fingerprint density at radius 1 is 1.09 bits per heavy atom. The van der Waals surface area contributed by atoms with E-state index in [9.17, 15) is 0 Å². The van der Waals surface area contributed by atoms with Crippen LogP contribution >= 0.6 is 12.4 Å². The number of hydrogen-bond acceptors (Lipinski definition) is 6. The number of rotatable bonds is 7. The molecule has 1 unspecified atom stereocenters. The van der Waals surface area contributed by atoms with Crippen LogP contribution < -0.4 is 4.74 Å². The van der Waals surface area contributed by atoms with E-state index in [1.54, 1.807) is 12.5 Å². The average molecular weight is 482 g/mol. The monoisotopic (exact) mass is 481 g/mol. The fourth-order valence-corrected chi connectivity index (χ4v) is 4.29. The molecular formula is C26H28ClN3O4. The smallest absolute Gasteiger partial charge is 0.230 e. The van der Waals surface area contributed by atoms with Crippen molar-refractivity contribution in [1.29, 1.82) is 0 Å². The summed E-state index contributed by atoms with van der Waals surface area (Å²) in [6.07, 6.45) is 3.77. The number of ether oxygens (including phenoxy) is 3. The third-order valence-corrected chi connectivity index (χ3v) is 6.30. The summed E-state index contributed by atoms with van der Waals surface area (Å²) in [6, 6.07) is 12.2. The number of fused-ring (bicyclic) bond motifs is 1. The van der Waals surface area contributed by atoms with Gasteiger partial charge in [-0.1, -0.05) is 35.5 Å². The topological polar surface area (TPSA) is 71.5 Å². The van der Waals surface area contributed by atoms with Crippen molar-refractivity contribution in [1.82, 2.24) is 14.7 Å². The van der Waals surface area contributed by atoms with E-state index in [0.29, 0.717) is 18.7 Å². The molecule has 0 amide bonds. The molecule has 0 bridgehead atoms. The molecule has 0 N–H and O–H groups in total. The Bertz CT molecular complexity index is 1310. The lowest BCUT2D eigenvalue weighted by atomic mass is 10.1. The molecule has 34 heavy (non-hydrogen) atoms. The van der Waals surface area contributed by atoms with Gasteiger partial charge >= 0.3 is 0 Å². The summed E-state index contributed by atoms with van der Waals surface area (Å²) >= 11 is 0. The van der Waals surface area contributed by atoms with Gasteiger partial charge in [-0.25, -0.2) is 0 Å². The first kappa shape index (κ1) is 23.7. The van der Waals surface area contributed by atoms with Gasteiger partial charge in [0.05, 0.1) is 17.8 Å². The molecule has 0 radical (unpaired) electrons. The van der Waals surface area contributed by atoms with Crippen molar-refractivity contribution >= 4 is 23.4 Å². The number of aryl methyl sites for hydroxylation is 3. The standard InChI is InChI=1S/C26H27N3O4.ClH/c1-16-18(3)29(13-21-17(2)28-33-19(21)4)26-22(10-11-27-25(16)26)32-23(24-14-30-15-31-24)12-20-8-6-5-7-9-20;/h5-11,14,23H,12-13,15H2,1-4H3;1H. The number of pyridine rings is 1. The second kappa shape index (κ2) is 9.81. The Labute approximate surface area is 204 Å². The van der Waals surface area contributed by atoms with Crippen molar-refractivity contribution in [3.05, 3.63) is 88.5 Å². The van der Waals surface area contributed by atoms with Crippen LogP contribution in [0.1, 0.15) is 33.8 Å². The van der Waals surface area contributed by atoms with Crippen molar-refractivity contribution in [2.45, 2.75) is 46.8 Å². The van der Waals surface area contributed by atoms with E-state index in [2.05, 4.69) is 40.7 Å². The molecule has 0 fully saturated rings. The third kappa shape index (κ3) is 4.35. The van der Waals surface area contributed by atoms with Gasteiger partial charge in [0.25, 0.3) is 0 Å². The van der Waals surface area contributed by atoms with Crippen LogP contribution in [0.3, 0.4) is 0 Å². The first-order valence-corrected chi connectivity index (χ1v) is 11.0. The van der Waals surface area contributed by atoms with Gasteiger partial charge in [0.1, 0.15) is 23.3 Å². The minimum atomic E-state index is -0.330. The highest BCUT2D eigenvalue weighted by Crippen LogP contribution is 2.34. The Morgan fingerprint density at radius 2 is 1.88 bits per heavy atom. The van der Waals surface area contributed by atoms with E-state index in [1.807, 2.05) is 38.1 Å². The summed E-state index contributed by atoms with van der Waals surface area (Å²) in [7, 11) is 0. The van der Waals surface area contributed by atoms with Gasteiger partial charge in [-0.15, -0.1) is 12.4 Å². The van der Waals surface area contributed by atoms with Gasteiger partial charge in [-0.3, -0.25) is 4.98 Å². The van der Waals surface area contributed by atoms with Crippen molar-refractivity contribution < 1.29 is 18.7 Å². The molecule has 1 aromatic carbocycles. The van der Waals surface area contributed by atoms with Crippen LogP contribution in [-0.4, -0.2) is 27.6 Å². The third-order valence-electron chi connectivity index (χ3n) is 6.30. The number of nitrogens with zero attached hydrogens (tertiary/aromatic N) is 3. The zero-order chi connectivity index (χ0) is 22.9. The fourth-order valence-electron chi connectivity index (χ4n) is 4.29. The lowest BCUT2D eigenvalue weighted by Gasteiger charge is -2.20. The Hall–Kier alpha value is -3.45. The molecule has 4 aromatic rings. The van der Waals surface area contributed by atoms with Crippen molar-refractivity contribution in [3.63, 3.8) is 0 Å². The predicted molar refractivity (Wildman–Crippen MR) is 131 cm³/mol. The molecule has 1 aliphatic heterocycles. The van der Waals surface area contributed by atoms with Crippen LogP contribution in [0.4, 0.5) is 0 Å². The fraction of sp³-hybridized carbons (Fsp3) is 0.308. The Balaban J connectivity index is 0.00000274. The summed E-state index contributed by atoms with van der Waals surface area (Å²) in [5.74, 6) is 2.25. The molecular weight excluding hydrogens is 454 g/mol. The van der Waals surface area contributed by atoms with Crippen LogP contribution in [-0.2, 0) is 22.4 Å². The second-order valence-corrected chi connectivity index (χ2v) is 8.35. The number of aromatic nitrogens is 3. The van der Waals surface area contributed by atoms with E-state index in [1.165, 1.54) is 0 Å². The first-order chi connectivity index (χ1) is 16.0. The second-order valence-electron chi connectivity index (χ2n) is 8.35. The van der Waals surface area contributed by atoms with Gasteiger partial charge in [-0.05, 0) is 38.8 Å². The minimum Gasteiger partial charge on any atom is -0.480 e. The quantitative estimate of drug-likeness (QED) is 0.344. The Morgan fingerprint density at radius 3 is 2.56 bits per heavy atom. The summed E-state index contributed by atoms with van der Waals surface area (Å²) < 4.78 is 25.3. The molecule has 0 aliphatic carbocycles. The van der Waals surface area contributed by atoms with Crippen molar-refractivity contribution in [2.75, 3.05) is 6.79 Å². The highest BCUT2D eigenvalue weighted by molar-refractivity contribution is 5.86. The highest BCUT2D eigenvalue weighted by atomic mass is 35.5. The van der Waals surface area contributed by atoms with Crippen LogP contribution in [0.25, 0.3) is 11.0 Å². The van der Waals surface area contributed by atoms with Crippen molar-refractivity contribution in [2.24, 2.45) is 0 Å².